The first-order valence-electron chi connectivity index (χ1n) is 9.90. The van der Waals surface area contributed by atoms with Crippen LogP contribution in [0.25, 0.3) is 5.69 Å². The van der Waals surface area contributed by atoms with Gasteiger partial charge >= 0.3 is 0 Å². The van der Waals surface area contributed by atoms with Gasteiger partial charge in [-0.25, -0.2) is 0 Å². The predicted molar refractivity (Wildman–Crippen MR) is 121 cm³/mol. The van der Waals surface area contributed by atoms with Gasteiger partial charge < -0.3 is 14.8 Å². The van der Waals surface area contributed by atoms with Gasteiger partial charge in [-0.3, -0.25) is 9.97 Å². The fourth-order valence-electron chi connectivity index (χ4n) is 3.98. The van der Waals surface area contributed by atoms with Crippen molar-refractivity contribution >= 4 is 17.3 Å². The molecule has 4 heterocycles. The fraction of sp³-hybridized carbons (Fsp3) is 0.125. The molecular formula is C24H21N5S. The third-order valence-electron chi connectivity index (χ3n) is 5.39. The van der Waals surface area contributed by atoms with Gasteiger partial charge in [0.2, 0.25) is 0 Å². The average molecular weight is 412 g/mol. The molecule has 0 amide bonds. The molecule has 0 radical (unpaired) electrons. The third kappa shape index (κ3) is 3.57. The summed E-state index contributed by atoms with van der Waals surface area (Å²) in [5.41, 5.74) is 4.41. The molecule has 148 valence electrons. The summed E-state index contributed by atoms with van der Waals surface area (Å²) in [4.78, 5) is 11.1. The van der Waals surface area contributed by atoms with Crippen LogP contribution in [-0.4, -0.2) is 24.5 Å². The molecule has 3 aromatic heterocycles. The number of pyridine rings is 2. The van der Waals surface area contributed by atoms with Crippen molar-refractivity contribution in [2.75, 3.05) is 0 Å². The predicted octanol–water partition coefficient (Wildman–Crippen LogP) is 4.44. The van der Waals surface area contributed by atoms with E-state index < -0.39 is 0 Å². The van der Waals surface area contributed by atoms with Crippen LogP contribution >= 0.6 is 12.2 Å². The number of nitrogens with zero attached hydrogens (tertiary/aromatic N) is 4. The normalized spacial score (nSPS) is 18.4. The molecule has 1 saturated heterocycles. The summed E-state index contributed by atoms with van der Waals surface area (Å²) in [7, 11) is 0. The van der Waals surface area contributed by atoms with Crippen molar-refractivity contribution in [2.45, 2.75) is 18.6 Å². The number of hydrogen-bond acceptors (Lipinski definition) is 3. The van der Waals surface area contributed by atoms with E-state index in [2.05, 4.69) is 67.5 Å². The highest BCUT2D eigenvalue weighted by Gasteiger charge is 2.40. The molecule has 0 bridgehead atoms. The average Bonchev–Trinajstić information content (AvgIpc) is 3.41. The molecule has 1 fully saturated rings. The van der Waals surface area contributed by atoms with Gasteiger partial charge in [0.1, 0.15) is 0 Å². The summed E-state index contributed by atoms with van der Waals surface area (Å²) >= 11 is 5.75. The van der Waals surface area contributed by atoms with Crippen LogP contribution in [0.3, 0.4) is 0 Å². The molecule has 0 saturated carbocycles. The Morgan fingerprint density at radius 2 is 1.80 bits per heavy atom. The van der Waals surface area contributed by atoms with Crippen molar-refractivity contribution in [3.8, 4) is 5.69 Å². The first kappa shape index (κ1) is 18.5. The highest BCUT2D eigenvalue weighted by atomic mass is 32.1. The number of thiocarbonyl (C=S) groups is 1. The third-order valence-corrected chi connectivity index (χ3v) is 5.74. The van der Waals surface area contributed by atoms with E-state index in [0.717, 1.165) is 22.1 Å². The Morgan fingerprint density at radius 1 is 0.933 bits per heavy atom. The number of para-hydroxylation sites is 1. The Kier molecular flexibility index (Phi) is 4.99. The summed E-state index contributed by atoms with van der Waals surface area (Å²) in [6.45, 7) is 0.685. The minimum absolute atomic E-state index is 0.0255. The van der Waals surface area contributed by atoms with Crippen molar-refractivity contribution in [1.29, 1.82) is 0 Å². The minimum atomic E-state index is -0.0259. The van der Waals surface area contributed by atoms with Crippen LogP contribution in [0.5, 0.6) is 0 Å². The van der Waals surface area contributed by atoms with Crippen LogP contribution in [0.2, 0.25) is 0 Å². The van der Waals surface area contributed by atoms with E-state index in [1.807, 2.05) is 48.8 Å². The van der Waals surface area contributed by atoms with E-state index in [1.165, 1.54) is 5.56 Å². The zero-order valence-electron chi connectivity index (χ0n) is 16.3. The summed E-state index contributed by atoms with van der Waals surface area (Å²) in [5, 5.41) is 4.23. The van der Waals surface area contributed by atoms with Gasteiger partial charge in [0.25, 0.3) is 0 Å². The maximum absolute atomic E-state index is 5.75. The van der Waals surface area contributed by atoms with Crippen LogP contribution < -0.4 is 5.32 Å². The summed E-state index contributed by atoms with van der Waals surface area (Å²) in [5.74, 6) is 0. The molecule has 1 aromatic carbocycles. The maximum Gasteiger partial charge on any atom is 0.170 e. The Morgan fingerprint density at radius 3 is 2.57 bits per heavy atom. The number of rotatable bonds is 5. The Balaban J connectivity index is 1.54. The van der Waals surface area contributed by atoms with Crippen LogP contribution in [0, 0.1) is 0 Å². The summed E-state index contributed by atoms with van der Waals surface area (Å²) < 4.78 is 2.15. The SMILES string of the molecule is S=C1N[C@H](c2ccccn2)[C@@H](c2ccn(-c3ccccc3)c2)N1Cc1cccnc1. The lowest BCUT2D eigenvalue weighted by Gasteiger charge is -2.27. The second kappa shape index (κ2) is 8.08. The first-order valence-corrected chi connectivity index (χ1v) is 10.3. The lowest BCUT2D eigenvalue weighted by molar-refractivity contribution is 0.311. The largest absolute Gasteiger partial charge is 0.352 e. The van der Waals surface area contributed by atoms with Crippen LogP contribution in [0.15, 0.2) is 97.7 Å². The van der Waals surface area contributed by atoms with E-state index in [9.17, 15) is 0 Å². The van der Waals surface area contributed by atoms with Gasteiger partial charge in [-0.05, 0) is 59.7 Å². The van der Waals surface area contributed by atoms with Gasteiger partial charge in [0.15, 0.2) is 5.11 Å². The number of benzene rings is 1. The van der Waals surface area contributed by atoms with Crippen molar-refractivity contribution in [2.24, 2.45) is 0 Å². The fourth-order valence-corrected chi connectivity index (χ4v) is 4.28. The quantitative estimate of drug-likeness (QED) is 0.492. The topological polar surface area (TPSA) is 46.0 Å². The van der Waals surface area contributed by atoms with Crippen molar-refractivity contribution in [3.05, 3.63) is 115 Å². The van der Waals surface area contributed by atoms with E-state index in [1.54, 1.807) is 6.20 Å². The highest BCUT2D eigenvalue weighted by molar-refractivity contribution is 7.80. The van der Waals surface area contributed by atoms with E-state index in [4.69, 9.17) is 12.2 Å². The molecule has 5 nitrogen and oxygen atoms in total. The van der Waals surface area contributed by atoms with E-state index in [-0.39, 0.29) is 12.1 Å². The molecule has 30 heavy (non-hydrogen) atoms. The molecule has 4 aromatic rings. The van der Waals surface area contributed by atoms with Gasteiger partial charge in [-0.15, -0.1) is 0 Å². The second-order valence-corrected chi connectivity index (χ2v) is 7.69. The molecule has 0 aliphatic carbocycles. The van der Waals surface area contributed by atoms with E-state index in [0.29, 0.717) is 6.54 Å². The van der Waals surface area contributed by atoms with Gasteiger partial charge in [-0.2, -0.15) is 0 Å². The van der Waals surface area contributed by atoms with Crippen LogP contribution in [0.1, 0.15) is 28.9 Å². The van der Waals surface area contributed by atoms with Gasteiger partial charge in [0.05, 0.1) is 17.8 Å². The van der Waals surface area contributed by atoms with E-state index >= 15 is 0 Å². The minimum Gasteiger partial charge on any atom is -0.352 e. The van der Waals surface area contributed by atoms with Crippen molar-refractivity contribution in [3.63, 3.8) is 0 Å². The van der Waals surface area contributed by atoms with Crippen LogP contribution in [0.4, 0.5) is 0 Å². The molecule has 1 aliphatic rings. The maximum atomic E-state index is 5.75. The Labute approximate surface area is 181 Å². The summed E-state index contributed by atoms with van der Waals surface area (Å²) in [6.07, 6.45) is 9.79. The van der Waals surface area contributed by atoms with Crippen molar-refractivity contribution in [1.82, 2.24) is 24.8 Å². The number of hydrogen-bond donors (Lipinski definition) is 1. The lowest BCUT2D eigenvalue weighted by Crippen LogP contribution is -2.29. The number of nitrogens with one attached hydrogen (secondary N) is 1. The molecular weight excluding hydrogens is 390 g/mol. The lowest BCUT2D eigenvalue weighted by atomic mass is 9.99. The molecule has 0 unspecified atom stereocenters. The smallest absolute Gasteiger partial charge is 0.170 e. The standard InChI is InChI=1S/C24H21N5S/c30-24-27-22(21-10-4-5-13-26-21)23(29(24)16-18-7-6-12-25-15-18)19-11-14-28(17-19)20-8-2-1-3-9-20/h1-15,17,22-23H,16H2,(H,27,30)/t22-,23-/m1/s1. The molecule has 5 rings (SSSR count). The second-order valence-electron chi connectivity index (χ2n) is 7.30. The first-order chi connectivity index (χ1) is 14.8. The molecule has 0 spiro atoms. The summed E-state index contributed by atoms with van der Waals surface area (Å²) in [6, 6.07) is 22.5. The highest BCUT2D eigenvalue weighted by Crippen LogP contribution is 2.39. The monoisotopic (exact) mass is 411 g/mol. The molecule has 6 heteroatoms. The van der Waals surface area contributed by atoms with Gasteiger partial charge in [-0.1, -0.05) is 30.3 Å². The zero-order chi connectivity index (χ0) is 20.3. The molecule has 2 atom stereocenters. The van der Waals surface area contributed by atoms with Gasteiger partial charge in [0, 0.05) is 43.2 Å². The number of aromatic nitrogens is 3. The molecule has 1 N–H and O–H groups in total. The Hall–Kier alpha value is -3.51. The van der Waals surface area contributed by atoms with Crippen molar-refractivity contribution < 1.29 is 0 Å². The van der Waals surface area contributed by atoms with Crippen LogP contribution in [-0.2, 0) is 6.54 Å². The Bertz CT molecular complexity index is 1130. The molecule has 1 aliphatic heterocycles. The zero-order valence-corrected chi connectivity index (χ0v) is 17.1.